The summed E-state index contributed by atoms with van der Waals surface area (Å²) in [6.45, 7) is 11.7. The summed E-state index contributed by atoms with van der Waals surface area (Å²) in [4.78, 5) is 11.8. The Hall–Kier alpha value is -2.65. The lowest BCUT2D eigenvalue weighted by molar-refractivity contribution is -0.153. The van der Waals surface area contributed by atoms with E-state index in [1.54, 1.807) is 6.92 Å². The van der Waals surface area contributed by atoms with Crippen LogP contribution in [0.5, 0.6) is 0 Å². The van der Waals surface area contributed by atoms with Crippen LogP contribution in [-0.2, 0) is 14.3 Å². The molecular weight excluding hydrogens is 348 g/mol. The maximum Gasteiger partial charge on any atom is 0.333 e. The minimum Gasteiger partial charge on any atom is -0.456 e. The molecule has 3 heteroatoms. The van der Waals surface area contributed by atoms with Crippen molar-refractivity contribution in [3.63, 3.8) is 0 Å². The highest BCUT2D eigenvalue weighted by molar-refractivity contribution is 6.02. The SMILES string of the molecule is C=C(C)C(=O)OC(C)(C)CCOC(C)c1c2ccccc2cc2ccccc12. The molecule has 3 nitrogen and oxygen atoms in total. The van der Waals surface area contributed by atoms with E-state index in [2.05, 4.69) is 68.1 Å². The molecule has 0 fully saturated rings. The van der Waals surface area contributed by atoms with Gasteiger partial charge < -0.3 is 9.47 Å². The molecule has 0 aliphatic rings. The van der Waals surface area contributed by atoms with Gasteiger partial charge in [0, 0.05) is 12.0 Å². The molecule has 28 heavy (non-hydrogen) atoms. The third-order valence-corrected chi connectivity index (χ3v) is 5.01. The fourth-order valence-corrected chi connectivity index (χ4v) is 3.44. The van der Waals surface area contributed by atoms with Gasteiger partial charge in [-0.2, -0.15) is 0 Å². The smallest absolute Gasteiger partial charge is 0.333 e. The molecule has 1 unspecified atom stereocenters. The molecule has 0 saturated heterocycles. The van der Waals surface area contributed by atoms with Crippen molar-refractivity contribution < 1.29 is 14.3 Å². The Balaban J connectivity index is 1.80. The molecule has 0 aliphatic heterocycles. The topological polar surface area (TPSA) is 35.5 Å². The lowest BCUT2D eigenvalue weighted by Gasteiger charge is -2.26. The first-order chi connectivity index (χ1) is 13.3. The van der Waals surface area contributed by atoms with Crippen molar-refractivity contribution in [1.82, 2.24) is 0 Å². The quantitative estimate of drug-likeness (QED) is 0.273. The number of esters is 1. The molecule has 0 heterocycles. The number of benzene rings is 3. The van der Waals surface area contributed by atoms with Gasteiger partial charge in [0.1, 0.15) is 5.60 Å². The molecule has 3 rings (SSSR count). The van der Waals surface area contributed by atoms with Crippen LogP contribution in [0.25, 0.3) is 21.5 Å². The van der Waals surface area contributed by atoms with Crippen molar-refractivity contribution in [2.24, 2.45) is 0 Å². The van der Waals surface area contributed by atoms with Crippen molar-refractivity contribution in [3.8, 4) is 0 Å². The summed E-state index contributed by atoms with van der Waals surface area (Å²) >= 11 is 0. The summed E-state index contributed by atoms with van der Waals surface area (Å²) < 4.78 is 11.7. The zero-order valence-electron chi connectivity index (χ0n) is 17.1. The van der Waals surface area contributed by atoms with E-state index in [-0.39, 0.29) is 12.1 Å². The number of fused-ring (bicyclic) bond motifs is 2. The molecule has 0 spiro atoms. The van der Waals surface area contributed by atoms with E-state index >= 15 is 0 Å². The van der Waals surface area contributed by atoms with Gasteiger partial charge in [-0.15, -0.1) is 0 Å². The van der Waals surface area contributed by atoms with E-state index in [1.165, 1.54) is 27.1 Å². The average molecular weight is 376 g/mol. The first-order valence-electron chi connectivity index (χ1n) is 9.69. The molecule has 0 bridgehead atoms. The van der Waals surface area contributed by atoms with Gasteiger partial charge in [0.2, 0.25) is 0 Å². The van der Waals surface area contributed by atoms with Crippen LogP contribution in [0.2, 0.25) is 0 Å². The van der Waals surface area contributed by atoms with Crippen LogP contribution in [0.1, 0.15) is 45.8 Å². The predicted octanol–water partition coefficient (Wildman–Crippen LogP) is 6.36. The minimum absolute atomic E-state index is 0.0800. The standard InChI is InChI=1S/C25H28O3/c1-17(2)24(26)28-25(4,5)14-15-27-18(3)23-21-12-8-6-10-19(21)16-20-11-7-9-13-22(20)23/h6-13,16,18H,1,14-15H2,2-5H3. The summed E-state index contributed by atoms with van der Waals surface area (Å²) in [7, 11) is 0. The molecule has 0 aliphatic carbocycles. The molecule has 0 amide bonds. The summed E-state index contributed by atoms with van der Waals surface area (Å²) in [6, 6.07) is 19.0. The van der Waals surface area contributed by atoms with Crippen LogP contribution in [0.3, 0.4) is 0 Å². The summed E-state index contributed by atoms with van der Waals surface area (Å²) in [5, 5.41) is 4.84. The van der Waals surface area contributed by atoms with Gasteiger partial charge in [0.05, 0.1) is 12.7 Å². The van der Waals surface area contributed by atoms with Gasteiger partial charge in [0.15, 0.2) is 0 Å². The number of carbonyl (C=O) groups is 1. The number of rotatable bonds is 7. The lowest BCUT2D eigenvalue weighted by Crippen LogP contribution is -2.30. The van der Waals surface area contributed by atoms with Gasteiger partial charge in [-0.05, 0) is 60.9 Å². The third-order valence-electron chi connectivity index (χ3n) is 5.01. The van der Waals surface area contributed by atoms with Crippen molar-refractivity contribution in [1.29, 1.82) is 0 Å². The molecule has 146 valence electrons. The number of hydrogen-bond donors (Lipinski definition) is 0. The molecule has 0 saturated carbocycles. The zero-order valence-corrected chi connectivity index (χ0v) is 17.1. The summed E-state index contributed by atoms with van der Waals surface area (Å²) in [6.07, 6.45) is 0.530. The van der Waals surface area contributed by atoms with Crippen LogP contribution in [-0.4, -0.2) is 18.2 Å². The molecule has 3 aromatic rings. The normalized spacial score (nSPS) is 12.9. The van der Waals surface area contributed by atoms with Crippen LogP contribution in [0.15, 0.2) is 66.7 Å². The van der Waals surface area contributed by atoms with Crippen molar-refractivity contribution in [2.45, 2.75) is 45.8 Å². The third kappa shape index (κ3) is 4.42. The average Bonchev–Trinajstić information content (AvgIpc) is 2.65. The number of carbonyl (C=O) groups excluding carboxylic acids is 1. The van der Waals surface area contributed by atoms with Crippen LogP contribution >= 0.6 is 0 Å². The molecular formula is C25H28O3. The highest BCUT2D eigenvalue weighted by Crippen LogP contribution is 2.34. The van der Waals surface area contributed by atoms with Gasteiger partial charge in [-0.1, -0.05) is 55.1 Å². The fourth-order valence-electron chi connectivity index (χ4n) is 3.44. The first-order valence-corrected chi connectivity index (χ1v) is 9.69. The highest BCUT2D eigenvalue weighted by Gasteiger charge is 2.24. The Labute approximate surface area is 167 Å². The Kier molecular flexibility index (Phi) is 5.85. The Morgan fingerprint density at radius 3 is 2.11 bits per heavy atom. The maximum atomic E-state index is 11.8. The van der Waals surface area contributed by atoms with E-state index in [0.29, 0.717) is 18.6 Å². The van der Waals surface area contributed by atoms with Gasteiger partial charge in [-0.3, -0.25) is 0 Å². The first kappa shape index (κ1) is 20.1. The van der Waals surface area contributed by atoms with Crippen LogP contribution in [0, 0.1) is 0 Å². The molecule has 3 aromatic carbocycles. The number of ether oxygens (including phenoxy) is 2. The van der Waals surface area contributed by atoms with Crippen LogP contribution < -0.4 is 0 Å². The van der Waals surface area contributed by atoms with E-state index in [9.17, 15) is 4.79 Å². The molecule has 1 atom stereocenters. The van der Waals surface area contributed by atoms with E-state index in [4.69, 9.17) is 9.47 Å². The Morgan fingerprint density at radius 1 is 1.04 bits per heavy atom. The molecule has 0 N–H and O–H groups in total. The van der Waals surface area contributed by atoms with E-state index < -0.39 is 5.60 Å². The highest BCUT2D eigenvalue weighted by atomic mass is 16.6. The Bertz CT molecular complexity index is 963. The molecule has 0 aromatic heterocycles. The number of hydrogen-bond acceptors (Lipinski definition) is 3. The van der Waals surface area contributed by atoms with Gasteiger partial charge in [-0.25, -0.2) is 4.79 Å². The van der Waals surface area contributed by atoms with Crippen LogP contribution in [0.4, 0.5) is 0 Å². The largest absolute Gasteiger partial charge is 0.456 e. The van der Waals surface area contributed by atoms with Crippen molar-refractivity contribution >= 4 is 27.5 Å². The Morgan fingerprint density at radius 2 is 1.57 bits per heavy atom. The van der Waals surface area contributed by atoms with Crippen molar-refractivity contribution in [2.75, 3.05) is 6.61 Å². The van der Waals surface area contributed by atoms with Crippen molar-refractivity contribution in [3.05, 3.63) is 72.3 Å². The zero-order chi connectivity index (χ0) is 20.3. The molecule has 0 radical (unpaired) electrons. The monoisotopic (exact) mass is 376 g/mol. The lowest BCUT2D eigenvalue weighted by atomic mass is 9.94. The van der Waals surface area contributed by atoms with E-state index in [1.807, 2.05) is 13.8 Å². The van der Waals surface area contributed by atoms with Gasteiger partial charge in [0.25, 0.3) is 0 Å². The second-order valence-electron chi connectivity index (χ2n) is 7.93. The fraction of sp³-hybridized carbons (Fsp3) is 0.320. The summed E-state index contributed by atoms with van der Waals surface area (Å²) in [5.74, 6) is -0.363. The predicted molar refractivity (Wildman–Crippen MR) is 115 cm³/mol. The van der Waals surface area contributed by atoms with Gasteiger partial charge >= 0.3 is 5.97 Å². The minimum atomic E-state index is -0.601. The van der Waals surface area contributed by atoms with E-state index in [0.717, 1.165) is 0 Å². The maximum absolute atomic E-state index is 11.8. The second-order valence-corrected chi connectivity index (χ2v) is 7.93. The second kappa shape index (κ2) is 8.15. The summed E-state index contributed by atoms with van der Waals surface area (Å²) in [5.41, 5.74) is 1.01.